The Morgan fingerprint density at radius 1 is 1.11 bits per heavy atom. The van der Waals surface area contributed by atoms with Crippen molar-refractivity contribution in [3.63, 3.8) is 0 Å². The molecule has 0 atom stereocenters. The molecule has 0 aromatic heterocycles. The van der Waals surface area contributed by atoms with Gasteiger partial charge in [0.05, 0.1) is 26.2 Å². The van der Waals surface area contributed by atoms with E-state index in [4.69, 9.17) is 27.9 Å². The molecule has 10 heteroatoms. The lowest BCUT2D eigenvalue weighted by atomic mass is 10.2. The van der Waals surface area contributed by atoms with Gasteiger partial charge in [-0.05, 0) is 43.2 Å². The van der Waals surface area contributed by atoms with Gasteiger partial charge in [0.2, 0.25) is 10.0 Å². The minimum Gasteiger partial charge on any atom is -0.452 e. The summed E-state index contributed by atoms with van der Waals surface area (Å²) in [4.78, 5) is 24.1. The largest absolute Gasteiger partial charge is 0.452 e. The van der Waals surface area contributed by atoms with E-state index in [1.165, 1.54) is 24.3 Å². The highest BCUT2D eigenvalue weighted by atomic mass is 35.5. The van der Waals surface area contributed by atoms with E-state index >= 15 is 0 Å². The molecule has 3 rings (SSSR count). The van der Waals surface area contributed by atoms with E-state index < -0.39 is 28.5 Å². The average Bonchev–Trinajstić information content (AvgIpc) is 3.47. The normalized spacial score (nSPS) is 13.8. The number of carbonyl (C=O) groups excluding carboxylic acids is 2. The number of nitrogens with one attached hydrogen (secondary N) is 2. The Morgan fingerprint density at radius 2 is 1.82 bits per heavy atom. The molecule has 7 nitrogen and oxygen atoms in total. The SMILES string of the molecule is O=C(COC(=O)c1cccc(S(=O)(=O)NC2CC2)c1)Nc1cccc(Cl)c1Cl. The van der Waals surface area contributed by atoms with Crippen LogP contribution in [0.4, 0.5) is 5.69 Å². The molecule has 0 unspecified atom stereocenters. The molecule has 0 radical (unpaired) electrons. The second-order valence-electron chi connectivity index (χ2n) is 6.15. The Balaban J connectivity index is 1.61. The zero-order chi connectivity index (χ0) is 20.3. The van der Waals surface area contributed by atoms with Crippen molar-refractivity contribution in [2.75, 3.05) is 11.9 Å². The lowest BCUT2D eigenvalue weighted by Crippen LogP contribution is -2.26. The maximum Gasteiger partial charge on any atom is 0.338 e. The summed E-state index contributed by atoms with van der Waals surface area (Å²) in [5, 5.41) is 2.93. The van der Waals surface area contributed by atoms with Crippen LogP contribution >= 0.6 is 23.2 Å². The lowest BCUT2D eigenvalue weighted by molar-refractivity contribution is -0.119. The first-order chi connectivity index (χ1) is 13.3. The van der Waals surface area contributed by atoms with Crippen LogP contribution < -0.4 is 10.0 Å². The standard InChI is InChI=1S/C18H16Cl2N2O5S/c19-14-5-2-6-15(17(14)20)21-16(23)10-27-18(24)11-3-1-4-13(9-11)28(25,26)22-12-7-8-12/h1-6,9,12,22H,7-8,10H2,(H,21,23). The van der Waals surface area contributed by atoms with Crippen molar-refractivity contribution in [2.24, 2.45) is 0 Å². The fourth-order valence-corrected chi connectivity index (χ4v) is 3.98. The molecule has 1 saturated carbocycles. The monoisotopic (exact) mass is 442 g/mol. The van der Waals surface area contributed by atoms with Crippen molar-refractivity contribution < 1.29 is 22.7 Å². The number of anilines is 1. The third kappa shape index (κ3) is 5.23. The van der Waals surface area contributed by atoms with E-state index in [1.807, 2.05) is 0 Å². The summed E-state index contributed by atoms with van der Waals surface area (Å²) in [5.74, 6) is -1.44. The third-order valence-electron chi connectivity index (χ3n) is 3.84. The first-order valence-electron chi connectivity index (χ1n) is 8.29. The minimum atomic E-state index is -3.70. The Labute approximate surface area is 172 Å². The van der Waals surface area contributed by atoms with Crippen LogP contribution in [0.3, 0.4) is 0 Å². The van der Waals surface area contributed by atoms with Crippen molar-refractivity contribution in [1.29, 1.82) is 0 Å². The number of amides is 1. The second-order valence-corrected chi connectivity index (χ2v) is 8.65. The van der Waals surface area contributed by atoms with Gasteiger partial charge in [0.1, 0.15) is 0 Å². The number of carbonyl (C=O) groups is 2. The topological polar surface area (TPSA) is 102 Å². The van der Waals surface area contributed by atoms with E-state index in [9.17, 15) is 18.0 Å². The predicted octanol–water partition coefficient (Wildman–Crippen LogP) is 3.23. The molecule has 28 heavy (non-hydrogen) atoms. The number of halogens is 2. The van der Waals surface area contributed by atoms with Crippen LogP contribution in [0.25, 0.3) is 0 Å². The molecular weight excluding hydrogens is 427 g/mol. The number of sulfonamides is 1. The van der Waals surface area contributed by atoms with Crippen molar-refractivity contribution in [2.45, 2.75) is 23.8 Å². The molecular formula is C18H16Cl2N2O5S. The smallest absolute Gasteiger partial charge is 0.338 e. The van der Waals surface area contributed by atoms with Gasteiger partial charge in [-0.1, -0.05) is 35.3 Å². The highest BCUT2D eigenvalue weighted by Gasteiger charge is 2.28. The van der Waals surface area contributed by atoms with E-state index in [1.54, 1.807) is 18.2 Å². The third-order valence-corrected chi connectivity index (χ3v) is 6.18. The summed E-state index contributed by atoms with van der Waals surface area (Å²) >= 11 is 11.8. The fraction of sp³-hybridized carbons (Fsp3) is 0.222. The maximum atomic E-state index is 12.2. The molecule has 1 fully saturated rings. The van der Waals surface area contributed by atoms with Crippen LogP contribution in [-0.2, 0) is 19.6 Å². The highest BCUT2D eigenvalue weighted by molar-refractivity contribution is 7.89. The first kappa shape index (κ1) is 20.6. The zero-order valence-corrected chi connectivity index (χ0v) is 16.8. The summed E-state index contributed by atoms with van der Waals surface area (Å²) in [6, 6.07) is 10.1. The summed E-state index contributed by atoms with van der Waals surface area (Å²) in [6.45, 7) is -0.570. The van der Waals surface area contributed by atoms with Gasteiger partial charge < -0.3 is 10.1 Å². The Bertz CT molecular complexity index is 1020. The van der Waals surface area contributed by atoms with E-state index in [0.29, 0.717) is 0 Å². The molecule has 1 aliphatic carbocycles. The molecule has 0 saturated heterocycles. The van der Waals surface area contributed by atoms with Crippen LogP contribution in [0.15, 0.2) is 47.4 Å². The van der Waals surface area contributed by atoms with Gasteiger partial charge in [-0.3, -0.25) is 4.79 Å². The second kappa shape index (κ2) is 8.48. The van der Waals surface area contributed by atoms with Crippen molar-refractivity contribution in [1.82, 2.24) is 4.72 Å². The van der Waals surface area contributed by atoms with Crippen LogP contribution in [0.5, 0.6) is 0 Å². The zero-order valence-electron chi connectivity index (χ0n) is 14.4. The molecule has 1 amide bonds. The molecule has 148 valence electrons. The molecule has 0 aliphatic heterocycles. The van der Waals surface area contributed by atoms with Crippen molar-refractivity contribution >= 4 is 50.8 Å². The van der Waals surface area contributed by atoms with Gasteiger partial charge in [0.15, 0.2) is 6.61 Å². The lowest BCUT2D eigenvalue weighted by Gasteiger charge is -2.10. The summed E-state index contributed by atoms with van der Waals surface area (Å²) < 4.78 is 32.0. The molecule has 2 aromatic rings. The summed E-state index contributed by atoms with van der Waals surface area (Å²) in [5.41, 5.74) is 0.307. The molecule has 0 bridgehead atoms. The number of ether oxygens (including phenoxy) is 1. The Kier molecular flexibility index (Phi) is 6.24. The van der Waals surface area contributed by atoms with Gasteiger partial charge in [-0.15, -0.1) is 0 Å². The van der Waals surface area contributed by atoms with Gasteiger partial charge in [-0.2, -0.15) is 0 Å². The van der Waals surface area contributed by atoms with E-state index in [2.05, 4.69) is 10.0 Å². The van der Waals surface area contributed by atoms with E-state index in [-0.39, 0.29) is 32.2 Å². The molecule has 2 N–H and O–H groups in total. The quantitative estimate of drug-likeness (QED) is 0.640. The maximum absolute atomic E-state index is 12.2. The van der Waals surface area contributed by atoms with Gasteiger partial charge in [-0.25, -0.2) is 17.9 Å². The van der Waals surface area contributed by atoms with Crippen molar-refractivity contribution in [3.8, 4) is 0 Å². The van der Waals surface area contributed by atoms with E-state index in [0.717, 1.165) is 12.8 Å². The highest BCUT2D eigenvalue weighted by Crippen LogP contribution is 2.29. The summed E-state index contributed by atoms with van der Waals surface area (Å²) in [7, 11) is -3.70. The molecule has 2 aromatic carbocycles. The number of benzene rings is 2. The summed E-state index contributed by atoms with van der Waals surface area (Å²) in [6.07, 6.45) is 1.60. The predicted molar refractivity (Wildman–Crippen MR) is 105 cm³/mol. The van der Waals surface area contributed by atoms with Gasteiger partial charge >= 0.3 is 5.97 Å². The molecule has 0 spiro atoms. The first-order valence-corrected chi connectivity index (χ1v) is 10.5. The number of hydrogen-bond acceptors (Lipinski definition) is 5. The number of esters is 1. The van der Waals surface area contributed by atoms with Crippen molar-refractivity contribution in [3.05, 3.63) is 58.1 Å². The average molecular weight is 443 g/mol. The fourth-order valence-electron chi connectivity index (χ4n) is 2.28. The van der Waals surface area contributed by atoms with Crippen LogP contribution in [0.2, 0.25) is 10.0 Å². The minimum absolute atomic E-state index is 0.0206. The van der Waals surface area contributed by atoms with Crippen LogP contribution in [0, 0.1) is 0 Å². The van der Waals surface area contributed by atoms with Gasteiger partial charge in [0, 0.05) is 6.04 Å². The van der Waals surface area contributed by atoms with Gasteiger partial charge in [0.25, 0.3) is 5.91 Å². The number of hydrogen-bond donors (Lipinski definition) is 2. The Morgan fingerprint density at radius 3 is 2.54 bits per heavy atom. The molecule has 0 heterocycles. The number of rotatable bonds is 7. The van der Waals surface area contributed by atoms with Crippen LogP contribution in [-0.4, -0.2) is 32.9 Å². The Hall–Kier alpha value is -2.13. The van der Waals surface area contributed by atoms with Crippen LogP contribution in [0.1, 0.15) is 23.2 Å². The molecule has 1 aliphatic rings.